The Balaban J connectivity index is 1.45. The molecule has 1 aliphatic heterocycles. The van der Waals surface area contributed by atoms with Gasteiger partial charge in [0.1, 0.15) is 5.67 Å². The van der Waals surface area contributed by atoms with E-state index in [-0.39, 0.29) is 5.92 Å². The molecule has 4 rings (SSSR count). The molecule has 1 saturated carbocycles. The number of likely N-dealkylation sites (tertiary alicyclic amines) is 1. The van der Waals surface area contributed by atoms with Crippen LogP contribution in [0.1, 0.15) is 31.4 Å². The fourth-order valence-corrected chi connectivity index (χ4v) is 3.81. The first-order valence-electron chi connectivity index (χ1n) is 9.90. The number of anilines is 1. The van der Waals surface area contributed by atoms with Crippen LogP contribution in [0.25, 0.3) is 5.70 Å². The van der Waals surface area contributed by atoms with Crippen LogP contribution in [0.15, 0.2) is 41.8 Å². The summed E-state index contributed by atoms with van der Waals surface area (Å²) < 4.78 is 14.0. The van der Waals surface area contributed by atoms with E-state index in [2.05, 4.69) is 14.9 Å². The lowest BCUT2D eigenvalue weighted by atomic mass is 10.0. The molecule has 2 aliphatic carbocycles. The van der Waals surface area contributed by atoms with Crippen molar-refractivity contribution in [1.82, 2.24) is 14.9 Å². The molecule has 3 aliphatic rings. The zero-order valence-electron chi connectivity index (χ0n) is 16.0. The van der Waals surface area contributed by atoms with Gasteiger partial charge < -0.3 is 16.4 Å². The van der Waals surface area contributed by atoms with Crippen LogP contribution in [0.5, 0.6) is 0 Å². The van der Waals surface area contributed by atoms with Crippen molar-refractivity contribution < 1.29 is 4.39 Å². The Kier molecular flexibility index (Phi) is 5.07. The zero-order chi connectivity index (χ0) is 19.7. The topological polar surface area (TPSA) is 110 Å². The lowest BCUT2D eigenvalue weighted by molar-refractivity contribution is 0.233. The maximum absolute atomic E-state index is 14.0. The molecule has 1 aromatic rings. The fourth-order valence-electron chi connectivity index (χ4n) is 3.81. The van der Waals surface area contributed by atoms with E-state index < -0.39 is 5.67 Å². The van der Waals surface area contributed by atoms with Crippen molar-refractivity contribution in [2.75, 3.05) is 31.2 Å². The minimum Gasteiger partial charge on any atom is -0.397 e. The Morgan fingerprint density at radius 1 is 1.25 bits per heavy atom. The van der Waals surface area contributed by atoms with E-state index in [0.29, 0.717) is 36.0 Å². The molecule has 0 bridgehead atoms. The zero-order valence-corrected chi connectivity index (χ0v) is 16.0. The molecule has 0 radical (unpaired) electrons. The normalized spacial score (nSPS) is 27.6. The Morgan fingerprint density at radius 3 is 2.79 bits per heavy atom. The van der Waals surface area contributed by atoms with Crippen LogP contribution >= 0.6 is 0 Å². The minimum atomic E-state index is -1.19. The number of nitrogens with two attached hydrogens (primary N) is 3. The quantitative estimate of drug-likeness (QED) is 0.502. The van der Waals surface area contributed by atoms with E-state index in [0.717, 1.165) is 25.2 Å². The van der Waals surface area contributed by atoms with Gasteiger partial charge in [0.2, 0.25) is 5.95 Å². The number of halogens is 1. The predicted molar refractivity (Wildman–Crippen MR) is 108 cm³/mol. The Labute approximate surface area is 164 Å². The van der Waals surface area contributed by atoms with Gasteiger partial charge in [0.25, 0.3) is 0 Å². The highest BCUT2D eigenvalue weighted by Gasteiger charge is 2.53. The van der Waals surface area contributed by atoms with Crippen molar-refractivity contribution in [2.24, 2.45) is 23.2 Å². The first-order chi connectivity index (χ1) is 13.5. The Morgan fingerprint density at radius 2 is 2.04 bits per heavy atom. The summed E-state index contributed by atoms with van der Waals surface area (Å²) >= 11 is 0. The number of fused-ring (bicyclic) bond motifs is 1. The largest absolute Gasteiger partial charge is 0.397 e. The van der Waals surface area contributed by atoms with Crippen molar-refractivity contribution in [3.63, 3.8) is 0 Å². The van der Waals surface area contributed by atoms with E-state index in [1.165, 1.54) is 19.3 Å². The number of hydrogen-bond acceptors (Lipinski definition) is 7. The highest BCUT2D eigenvalue weighted by molar-refractivity contribution is 5.69. The summed E-state index contributed by atoms with van der Waals surface area (Å²) in [7, 11) is 0. The third-order valence-electron chi connectivity index (χ3n) is 5.79. The number of piperidine rings is 1. The van der Waals surface area contributed by atoms with Crippen molar-refractivity contribution in [1.29, 1.82) is 0 Å². The second-order valence-corrected chi connectivity index (χ2v) is 7.86. The summed E-state index contributed by atoms with van der Waals surface area (Å²) in [5, 5.41) is 1.54. The van der Waals surface area contributed by atoms with Gasteiger partial charge in [-0.05, 0) is 50.1 Å². The third-order valence-corrected chi connectivity index (χ3v) is 5.79. The van der Waals surface area contributed by atoms with Crippen molar-refractivity contribution in [2.45, 2.75) is 31.4 Å². The smallest absolute Gasteiger partial charge is 0.240 e. The Hall–Kier alpha value is -2.45. The minimum absolute atomic E-state index is 0.103. The second kappa shape index (κ2) is 7.52. The third kappa shape index (κ3) is 3.88. The summed E-state index contributed by atoms with van der Waals surface area (Å²) in [5.41, 5.74) is 13.3. The van der Waals surface area contributed by atoms with E-state index in [9.17, 15) is 4.39 Å². The summed E-state index contributed by atoms with van der Waals surface area (Å²) in [6.45, 7) is 3.74. The molecule has 28 heavy (non-hydrogen) atoms. The van der Waals surface area contributed by atoms with Gasteiger partial charge in [-0.15, -0.1) is 0 Å². The maximum atomic E-state index is 14.0. The summed E-state index contributed by atoms with van der Waals surface area (Å²) in [6, 6.07) is 1.70. The van der Waals surface area contributed by atoms with Crippen LogP contribution < -0.4 is 22.3 Å². The molecular formula is C20H28FN7. The SMILES string of the molecule is N/C(C1=CC2CC2(F)C=C1)=C(\N)c1ccnc(N(N)CCN2CCCCC2)n1. The number of allylic oxidation sites excluding steroid dienone is 3. The van der Waals surface area contributed by atoms with Crippen molar-refractivity contribution in [3.8, 4) is 0 Å². The van der Waals surface area contributed by atoms with Crippen LogP contribution in [0.3, 0.4) is 0 Å². The van der Waals surface area contributed by atoms with E-state index in [1.807, 2.05) is 6.08 Å². The fraction of sp³-hybridized carbons (Fsp3) is 0.500. The molecule has 2 fully saturated rings. The van der Waals surface area contributed by atoms with Gasteiger partial charge in [-0.3, -0.25) is 5.01 Å². The highest BCUT2D eigenvalue weighted by atomic mass is 19.1. The highest BCUT2D eigenvalue weighted by Crippen LogP contribution is 2.52. The van der Waals surface area contributed by atoms with E-state index in [4.69, 9.17) is 17.3 Å². The van der Waals surface area contributed by atoms with Crippen LogP contribution in [0, 0.1) is 5.92 Å². The second-order valence-electron chi connectivity index (χ2n) is 7.86. The molecule has 0 amide bonds. The lowest BCUT2D eigenvalue weighted by Crippen LogP contribution is -2.41. The van der Waals surface area contributed by atoms with Crippen LogP contribution in [-0.2, 0) is 0 Å². The summed E-state index contributed by atoms with van der Waals surface area (Å²) in [4.78, 5) is 11.1. The lowest BCUT2D eigenvalue weighted by Gasteiger charge is -2.28. The molecule has 0 spiro atoms. The molecule has 1 aromatic heterocycles. The standard InChI is InChI=1S/C20H28FN7/c21-20-6-4-14(12-15(20)13-20)17(22)18(23)16-5-7-25-19(26-16)28(24)11-10-27-8-2-1-3-9-27/h4-7,12,15H,1-3,8-11,13,22-24H2/b18-17-. The number of rotatable bonds is 6. The predicted octanol–water partition coefficient (Wildman–Crippen LogP) is 1.45. The number of hydrazine groups is 1. The molecular weight excluding hydrogens is 357 g/mol. The van der Waals surface area contributed by atoms with Gasteiger partial charge >= 0.3 is 0 Å². The van der Waals surface area contributed by atoms with Crippen molar-refractivity contribution in [3.05, 3.63) is 47.5 Å². The molecule has 8 heteroatoms. The average molecular weight is 385 g/mol. The van der Waals surface area contributed by atoms with Gasteiger partial charge in [-0.25, -0.2) is 20.2 Å². The summed E-state index contributed by atoms with van der Waals surface area (Å²) in [6.07, 6.45) is 11.0. The number of alkyl halides is 1. The summed E-state index contributed by atoms with van der Waals surface area (Å²) in [5.74, 6) is 6.47. The van der Waals surface area contributed by atoms with Gasteiger partial charge in [0, 0.05) is 25.2 Å². The van der Waals surface area contributed by atoms with Gasteiger partial charge in [0.15, 0.2) is 0 Å². The molecule has 6 N–H and O–H groups in total. The molecule has 7 nitrogen and oxygen atoms in total. The molecule has 2 heterocycles. The average Bonchev–Trinajstić information content (AvgIpc) is 3.42. The van der Waals surface area contributed by atoms with Crippen LogP contribution in [0.4, 0.5) is 10.3 Å². The van der Waals surface area contributed by atoms with Crippen LogP contribution in [-0.4, -0.2) is 46.7 Å². The maximum Gasteiger partial charge on any atom is 0.240 e. The first-order valence-corrected chi connectivity index (χ1v) is 9.90. The van der Waals surface area contributed by atoms with Gasteiger partial charge in [-0.1, -0.05) is 18.6 Å². The van der Waals surface area contributed by atoms with Gasteiger partial charge in [0.05, 0.1) is 17.1 Å². The monoisotopic (exact) mass is 385 g/mol. The first kappa shape index (κ1) is 18.9. The number of nitrogens with zero attached hydrogens (tertiary/aromatic N) is 4. The number of aromatic nitrogens is 2. The Bertz CT molecular complexity index is 828. The van der Waals surface area contributed by atoms with Gasteiger partial charge in [-0.2, -0.15) is 0 Å². The van der Waals surface area contributed by atoms with E-state index in [1.54, 1.807) is 29.4 Å². The number of hydrogen-bond donors (Lipinski definition) is 3. The van der Waals surface area contributed by atoms with E-state index >= 15 is 0 Å². The molecule has 1 saturated heterocycles. The molecule has 2 unspecified atom stereocenters. The molecule has 2 atom stereocenters. The van der Waals surface area contributed by atoms with Crippen molar-refractivity contribution >= 4 is 11.6 Å². The molecule has 150 valence electrons. The molecule has 0 aromatic carbocycles. The van der Waals surface area contributed by atoms with Crippen LogP contribution in [0.2, 0.25) is 0 Å².